The third-order valence-electron chi connectivity index (χ3n) is 7.06. The molecule has 2 heterocycles. The van der Waals surface area contributed by atoms with Gasteiger partial charge in [0.2, 0.25) is 0 Å². The van der Waals surface area contributed by atoms with Crippen LogP contribution in [-0.2, 0) is 19.0 Å². The molecule has 2 bridgehead atoms. The second kappa shape index (κ2) is 7.43. The van der Waals surface area contributed by atoms with Crippen LogP contribution >= 0.6 is 0 Å². The van der Waals surface area contributed by atoms with Crippen molar-refractivity contribution in [2.45, 2.75) is 91.1 Å². The molecule has 4 rings (SSSR count). The van der Waals surface area contributed by atoms with Crippen molar-refractivity contribution in [1.82, 2.24) is 0 Å². The molecule has 0 aromatic carbocycles. The summed E-state index contributed by atoms with van der Waals surface area (Å²) in [5, 5.41) is 0. The van der Waals surface area contributed by atoms with E-state index in [1.807, 2.05) is 0 Å². The molecule has 2 aliphatic heterocycles. The summed E-state index contributed by atoms with van der Waals surface area (Å²) in [6.45, 7) is 8.36. The summed E-state index contributed by atoms with van der Waals surface area (Å²) in [4.78, 5) is 11.6. The number of Topliss-reactive ketones (excluding diaryl/α,β-unsaturated/α-hetero) is 1. The molecule has 0 spiro atoms. The van der Waals surface area contributed by atoms with E-state index < -0.39 is 0 Å². The van der Waals surface area contributed by atoms with Gasteiger partial charge in [0.05, 0.1) is 0 Å². The highest BCUT2D eigenvalue weighted by molar-refractivity contribution is 5.89. The first-order valence-corrected chi connectivity index (χ1v) is 9.85. The summed E-state index contributed by atoms with van der Waals surface area (Å²) in [5.41, 5.74) is 0.307. The minimum atomic E-state index is -0.00292. The van der Waals surface area contributed by atoms with Gasteiger partial charge in [-0.2, -0.15) is 0 Å². The molecule has 4 nitrogen and oxygen atoms in total. The molecule has 0 N–H and O–H groups in total. The lowest BCUT2D eigenvalue weighted by molar-refractivity contribution is -0.264. The maximum Gasteiger partial charge on any atom is 0.160 e. The van der Waals surface area contributed by atoms with Gasteiger partial charge in [-0.3, -0.25) is 4.79 Å². The zero-order chi connectivity index (χ0) is 17.2. The van der Waals surface area contributed by atoms with Crippen molar-refractivity contribution in [3.05, 3.63) is 0 Å². The zero-order valence-electron chi connectivity index (χ0n) is 15.6. The first-order valence-electron chi connectivity index (χ1n) is 9.85. The van der Waals surface area contributed by atoms with Gasteiger partial charge in [0, 0.05) is 25.0 Å². The summed E-state index contributed by atoms with van der Waals surface area (Å²) in [5.74, 6) is 1.19. The van der Waals surface area contributed by atoms with Crippen LogP contribution in [0.2, 0.25) is 0 Å². The summed E-state index contributed by atoms with van der Waals surface area (Å²) in [6, 6.07) is 0. The molecule has 4 aliphatic rings. The van der Waals surface area contributed by atoms with E-state index in [1.54, 1.807) is 0 Å². The van der Waals surface area contributed by atoms with Crippen molar-refractivity contribution >= 4 is 5.78 Å². The van der Waals surface area contributed by atoms with Crippen LogP contribution in [-0.4, -0.2) is 31.6 Å². The highest BCUT2D eigenvalue weighted by Crippen LogP contribution is 2.63. The fraction of sp³-hybridized carbons (Fsp3) is 0.950. The predicted molar refractivity (Wildman–Crippen MR) is 92.5 cm³/mol. The average Bonchev–Trinajstić information content (AvgIpc) is 2.90. The molecule has 0 aromatic rings. The van der Waals surface area contributed by atoms with Crippen LogP contribution in [0, 0.1) is 16.7 Å². The standard InChI is InChI=1S/C10H18O3.C10H16O/c1-3-7-11-9(5-1)13-10-6-2-4-8-12-10;1-9(2)7-4-5-10(9,3)8(11)6-7/h9-10H,1-8H2;7H,4-6H2,1-3H3. The van der Waals surface area contributed by atoms with Gasteiger partial charge >= 0.3 is 0 Å². The maximum absolute atomic E-state index is 11.6. The molecule has 2 saturated heterocycles. The Balaban J connectivity index is 0.000000143. The molecule has 2 aliphatic carbocycles. The van der Waals surface area contributed by atoms with Gasteiger partial charge in [0.25, 0.3) is 0 Å². The number of rotatable bonds is 2. The monoisotopic (exact) mass is 338 g/mol. The second-order valence-electron chi connectivity index (χ2n) is 8.65. The summed E-state index contributed by atoms with van der Waals surface area (Å²) in [6.07, 6.45) is 10.1. The van der Waals surface area contributed by atoms with Crippen LogP contribution in [0.1, 0.15) is 78.6 Å². The van der Waals surface area contributed by atoms with Crippen molar-refractivity contribution in [3.8, 4) is 0 Å². The SMILES string of the molecule is C1CCC(OC2CCCCO2)OC1.CC12CCC(CC1=O)C2(C)C. The third-order valence-corrected chi connectivity index (χ3v) is 7.06. The van der Waals surface area contributed by atoms with Gasteiger partial charge in [-0.05, 0) is 62.7 Å². The molecule has 0 radical (unpaired) electrons. The van der Waals surface area contributed by atoms with Crippen molar-refractivity contribution in [1.29, 1.82) is 0 Å². The first-order chi connectivity index (χ1) is 11.4. The average molecular weight is 338 g/mol. The Labute approximate surface area is 146 Å². The Hall–Kier alpha value is -0.450. The maximum atomic E-state index is 11.6. The van der Waals surface area contributed by atoms with Crippen LogP contribution in [0.4, 0.5) is 0 Å². The van der Waals surface area contributed by atoms with E-state index in [9.17, 15) is 4.79 Å². The Morgan fingerprint density at radius 2 is 1.50 bits per heavy atom. The van der Waals surface area contributed by atoms with Crippen molar-refractivity contribution in [2.24, 2.45) is 16.7 Å². The quantitative estimate of drug-likeness (QED) is 0.746. The molecule has 4 atom stereocenters. The van der Waals surface area contributed by atoms with E-state index in [0.717, 1.165) is 38.9 Å². The van der Waals surface area contributed by atoms with Gasteiger partial charge in [-0.1, -0.05) is 20.8 Å². The molecule has 4 unspecified atom stereocenters. The molecule has 4 heteroatoms. The normalized spacial score (nSPS) is 41.0. The van der Waals surface area contributed by atoms with Crippen LogP contribution in [0.25, 0.3) is 0 Å². The highest BCUT2D eigenvalue weighted by atomic mass is 16.8. The van der Waals surface area contributed by atoms with Crippen molar-refractivity contribution in [3.63, 3.8) is 0 Å². The lowest BCUT2D eigenvalue weighted by Crippen LogP contribution is -2.32. The van der Waals surface area contributed by atoms with Crippen LogP contribution < -0.4 is 0 Å². The van der Waals surface area contributed by atoms with E-state index in [-0.39, 0.29) is 23.4 Å². The van der Waals surface area contributed by atoms with Gasteiger partial charge in [-0.15, -0.1) is 0 Å². The summed E-state index contributed by atoms with van der Waals surface area (Å²) >= 11 is 0. The lowest BCUT2D eigenvalue weighted by atomic mass is 9.70. The topological polar surface area (TPSA) is 44.8 Å². The van der Waals surface area contributed by atoms with Crippen LogP contribution in [0.15, 0.2) is 0 Å². The molecule has 4 fully saturated rings. The smallest absolute Gasteiger partial charge is 0.160 e. The van der Waals surface area contributed by atoms with Gasteiger partial charge in [0.15, 0.2) is 12.6 Å². The number of ketones is 1. The Bertz CT molecular complexity index is 419. The number of hydrogen-bond acceptors (Lipinski definition) is 4. The number of carbonyl (C=O) groups is 1. The molecule has 0 aromatic heterocycles. The van der Waals surface area contributed by atoms with Gasteiger partial charge in [0.1, 0.15) is 5.78 Å². The fourth-order valence-electron chi connectivity index (χ4n) is 4.71. The molecular weight excluding hydrogens is 304 g/mol. The van der Waals surface area contributed by atoms with E-state index in [1.165, 1.54) is 32.1 Å². The Morgan fingerprint density at radius 1 is 0.917 bits per heavy atom. The third kappa shape index (κ3) is 3.56. The lowest BCUT2D eigenvalue weighted by Gasteiger charge is -2.32. The van der Waals surface area contributed by atoms with E-state index in [4.69, 9.17) is 14.2 Å². The van der Waals surface area contributed by atoms with Gasteiger partial charge < -0.3 is 14.2 Å². The van der Waals surface area contributed by atoms with Crippen molar-refractivity contribution in [2.75, 3.05) is 13.2 Å². The zero-order valence-corrected chi connectivity index (χ0v) is 15.6. The number of fused-ring (bicyclic) bond motifs is 2. The van der Waals surface area contributed by atoms with E-state index in [2.05, 4.69) is 20.8 Å². The number of hydrogen-bond donors (Lipinski definition) is 0. The van der Waals surface area contributed by atoms with E-state index in [0.29, 0.717) is 11.7 Å². The summed E-state index contributed by atoms with van der Waals surface area (Å²) in [7, 11) is 0. The highest BCUT2D eigenvalue weighted by Gasteiger charge is 2.61. The largest absolute Gasteiger partial charge is 0.353 e. The van der Waals surface area contributed by atoms with Gasteiger partial charge in [-0.25, -0.2) is 0 Å². The Kier molecular flexibility index (Phi) is 5.68. The minimum Gasteiger partial charge on any atom is -0.353 e. The fourth-order valence-corrected chi connectivity index (χ4v) is 4.71. The first kappa shape index (κ1) is 18.3. The number of carbonyl (C=O) groups excluding carboxylic acids is 1. The second-order valence-corrected chi connectivity index (χ2v) is 8.65. The summed E-state index contributed by atoms with van der Waals surface area (Å²) < 4.78 is 16.6. The molecule has 24 heavy (non-hydrogen) atoms. The minimum absolute atomic E-state index is 0.00292. The van der Waals surface area contributed by atoms with E-state index >= 15 is 0 Å². The predicted octanol–water partition coefficient (Wildman–Crippen LogP) is 4.46. The van der Waals surface area contributed by atoms with Crippen molar-refractivity contribution < 1.29 is 19.0 Å². The molecule has 0 amide bonds. The van der Waals surface area contributed by atoms with Crippen LogP contribution in [0.5, 0.6) is 0 Å². The Morgan fingerprint density at radius 3 is 1.79 bits per heavy atom. The molecule has 2 saturated carbocycles. The van der Waals surface area contributed by atoms with Crippen LogP contribution in [0.3, 0.4) is 0 Å². The molecular formula is C20H34O4. The molecule has 138 valence electrons. The number of ether oxygens (including phenoxy) is 3.